The lowest BCUT2D eigenvalue weighted by Gasteiger charge is -2.10. The highest BCUT2D eigenvalue weighted by Gasteiger charge is 2.16. The quantitative estimate of drug-likeness (QED) is 0.733. The topological polar surface area (TPSA) is 99.4 Å². The van der Waals surface area contributed by atoms with Crippen molar-refractivity contribution in [3.63, 3.8) is 0 Å². The summed E-state index contributed by atoms with van der Waals surface area (Å²) < 4.78 is 12.1. The monoisotopic (exact) mass is 340 g/mol. The van der Waals surface area contributed by atoms with E-state index in [1.807, 2.05) is 24.3 Å². The third kappa shape index (κ3) is 3.42. The number of carboxylic acids is 1. The number of benzene rings is 2. The first-order valence-corrected chi connectivity index (χ1v) is 7.43. The first-order valence-electron chi connectivity index (χ1n) is 7.43. The number of tetrazole rings is 1. The molecule has 2 aromatic carbocycles. The highest BCUT2D eigenvalue weighted by molar-refractivity contribution is 5.89. The second-order valence-electron chi connectivity index (χ2n) is 5.23. The summed E-state index contributed by atoms with van der Waals surface area (Å²) in [4.78, 5) is 11.1. The fourth-order valence-corrected chi connectivity index (χ4v) is 2.42. The Morgan fingerprint density at radius 2 is 1.88 bits per heavy atom. The highest BCUT2D eigenvalue weighted by Crippen LogP contribution is 2.29. The van der Waals surface area contributed by atoms with Crippen molar-refractivity contribution in [1.82, 2.24) is 20.2 Å². The van der Waals surface area contributed by atoms with Gasteiger partial charge in [0.25, 0.3) is 0 Å². The largest absolute Gasteiger partial charge is 0.497 e. The fourth-order valence-electron chi connectivity index (χ4n) is 2.42. The predicted molar refractivity (Wildman–Crippen MR) is 88.9 cm³/mol. The van der Waals surface area contributed by atoms with Gasteiger partial charge in [-0.05, 0) is 46.3 Å². The molecule has 128 valence electrons. The normalized spacial score (nSPS) is 10.5. The van der Waals surface area contributed by atoms with Gasteiger partial charge in [-0.15, -0.1) is 5.10 Å². The lowest BCUT2D eigenvalue weighted by molar-refractivity contribution is 0.0696. The number of rotatable bonds is 6. The molecule has 0 fully saturated rings. The second-order valence-corrected chi connectivity index (χ2v) is 5.23. The predicted octanol–water partition coefficient (Wildman–Crippen LogP) is 2.10. The summed E-state index contributed by atoms with van der Waals surface area (Å²) in [6.07, 6.45) is 0. The van der Waals surface area contributed by atoms with Crippen molar-refractivity contribution in [2.24, 2.45) is 0 Å². The molecule has 1 N–H and O–H groups in total. The zero-order chi connectivity index (χ0) is 17.8. The molecule has 0 aliphatic carbocycles. The van der Waals surface area contributed by atoms with Crippen LogP contribution in [-0.4, -0.2) is 45.5 Å². The van der Waals surface area contributed by atoms with Gasteiger partial charge in [-0.1, -0.05) is 12.1 Å². The molecule has 0 saturated carbocycles. The Balaban J connectivity index is 1.94. The summed E-state index contributed by atoms with van der Waals surface area (Å²) in [5, 5.41) is 20.9. The van der Waals surface area contributed by atoms with E-state index < -0.39 is 5.97 Å². The van der Waals surface area contributed by atoms with Crippen LogP contribution < -0.4 is 9.47 Å². The molecule has 0 aliphatic heterocycles. The molecule has 0 radical (unpaired) electrons. The summed E-state index contributed by atoms with van der Waals surface area (Å²) >= 11 is 0. The number of aromatic carboxylic acids is 1. The standard InChI is InChI=1S/C17H16N4O4/c1-24-13-6-3-11(4-7-13)10-21-16(18-19-20-21)14-8-5-12(17(22)23)9-15(14)25-2/h3-9H,10H2,1-2H3,(H,22,23). The molecule has 3 rings (SSSR count). The van der Waals surface area contributed by atoms with Crippen LogP contribution in [0.4, 0.5) is 0 Å². The molecule has 1 aromatic heterocycles. The van der Waals surface area contributed by atoms with Crippen LogP contribution in [0.15, 0.2) is 42.5 Å². The van der Waals surface area contributed by atoms with Crippen molar-refractivity contribution in [1.29, 1.82) is 0 Å². The summed E-state index contributed by atoms with van der Waals surface area (Å²) in [6.45, 7) is 0.455. The van der Waals surface area contributed by atoms with E-state index in [1.165, 1.54) is 19.2 Å². The van der Waals surface area contributed by atoms with Gasteiger partial charge in [-0.25, -0.2) is 9.48 Å². The van der Waals surface area contributed by atoms with Crippen molar-refractivity contribution in [2.75, 3.05) is 14.2 Å². The van der Waals surface area contributed by atoms with Crippen molar-refractivity contribution < 1.29 is 19.4 Å². The van der Waals surface area contributed by atoms with Crippen molar-refractivity contribution in [3.8, 4) is 22.9 Å². The number of hydrogen-bond donors (Lipinski definition) is 1. The van der Waals surface area contributed by atoms with E-state index in [1.54, 1.807) is 17.9 Å². The SMILES string of the molecule is COc1ccc(Cn2nnnc2-c2ccc(C(=O)O)cc2OC)cc1. The molecule has 25 heavy (non-hydrogen) atoms. The molecule has 8 nitrogen and oxygen atoms in total. The average molecular weight is 340 g/mol. The number of aromatic nitrogens is 4. The van der Waals surface area contributed by atoms with Gasteiger partial charge in [0.15, 0.2) is 5.82 Å². The van der Waals surface area contributed by atoms with Gasteiger partial charge >= 0.3 is 5.97 Å². The van der Waals surface area contributed by atoms with Crippen LogP contribution in [0.5, 0.6) is 11.5 Å². The van der Waals surface area contributed by atoms with Gasteiger partial charge in [0, 0.05) is 0 Å². The maximum atomic E-state index is 11.1. The van der Waals surface area contributed by atoms with E-state index in [0.29, 0.717) is 23.7 Å². The smallest absolute Gasteiger partial charge is 0.335 e. The number of methoxy groups -OCH3 is 2. The number of carbonyl (C=O) groups is 1. The van der Waals surface area contributed by atoms with E-state index in [4.69, 9.17) is 14.6 Å². The lowest BCUT2D eigenvalue weighted by atomic mass is 10.1. The van der Waals surface area contributed by atoms with Crippen LogP contribution in [0.1, 0.15) is 15.9 Å². The number of hydrogen-bond acceptors (Lipinski definition) is 6. The van der Waals surface area contributed by atoms with E-state index in [9.17, 15) is 4.79 Å². The molecule has 3 aromatic rings. The first-order chi connectivity index (χ1) is 12.1. The molecule has 0 atom stereocenters. The van der Waals surface area contributed by atoms with Crippen LogP contribution in [0.3, 0.4) is 0 Å². The summed E-state index contributed by atoms with van der Waals surface area (Å²) in [5.74, 6) is 0.629. The first kappa shape index (κ1) is 16.4. The maximum Gasteiger partial charge on any atom is 0.335 e. The molecule has 0 amide bonds. The van der Waals surface area contributed by atoms with Gasteiger partial charge in [0.1, 0.15) is 11.5 Å². The van der Waals surface area contributed by atoms with Gasteiger partial charge < -0.3 is 14.6 Å². The van der Waals surface area contributed by atoms with Gasteiger partial charge in [0.05, 0.1) is 31.9 Å². The summed E-state index contributed by atoms with van der Waals surface area (Å²) in [7, 11) is 3.09. The zero-order valence-electron chi connectivity index (χ0n) is 13.7. The van der Waals surface area contributed by atoms with Gasteiger partial charge in [-0.3, -0.25) is 0 Å². The van der Waals surface area contributed by atoms with E-state index >= 15 is 0 Å². The van der Waals surface area contributed by atoms with Crippen molar-refractivity contribution in [3.05, 3.63) is 53.6 Å². The molecular weight excluding hydrogens is 324 g/mol. The van der Waals surface area contributed by atoms with Crippen LogP contribution in [0, 0.1) is 0 Å². The molecule has 0 spiro atoms. The van der Waals surface area contributed by atoms with E-state index in [0.717, 1.165) is 11.3 Å². The van der Waals surface area contributed by atoms with Crippen LogP contribution in [0.25, 0.3) is 11.4 Å². The Morgan fingerprint density at radius 3 is 2.52 bits per heavy atom. The number of ether oxygens (including phenoxy) is 2. The Bertz CT molecular complexity index is 890. The van der Waals surface area contributed by atoms with Crippen LogP contribution in [-0.2, 0) is 6.54 Å². The third-order valence-corrected chi connectivity index (χ3v) is 3.71. The highest BCUT2D eigenvalue weighted by atomic mass is 16.5. The van der Waals surface area contributed by atoms with Gasteiger partial charge in [-0.2, -0.15) is 0 Å². The zero-order valence-corrected chi connectivity index (χ0v) is 13.7. The molecule has 0 aliphatic rings. The van der Waals surface area contributed by atoms with Crippen LogP contribution in [0.2, 0.25) is 0 Å². The van der Waals surface area contributed by atoms with Crippen molar-refractivity contribution >= 4 is 5.97 Å². The minimum atomic E-state index is -1.03. The van der Waals surface area contributed by atoms with E-state index in [-0.39, 0.29) is 5.56 Å². The summed E-state index contributed by atoms with van der Waals surface area (Å²) in [5.41, 5.74) is 1.75. The Kier molecular flexibility index (Phi) is 4.60. The Morgan fingerprint density at radius 1 is 1.12 bits per heavy atom. The summed E-state index contributed by atoms with van der Waals surface area (Å²) in [6, 6.07) is 12.2. The molecule has 0 unspecified atom stereocenters. The molecule has 0 bridgehead atoms. The Labute approximate surface area is 143 Å². The third-order valence-electron chi connectivity index (χ3n) is 3.71. The lowest BCUT2D eigenvalue weighted by Crippen LogP contribution is -2.06. The second kappa shape index (κ2) is 7.00. The minimum Gasteiger partial charge on any atom is -0.497 e. The number of carboxylic acid groups (broad SMARTS) is 1. The maximum absolute atomic E-state index is 11.1. The molecule has 1 heterocycles. The molecular formula is C17H16N4O4. The van der Waals surface area contributed by atoms with Gasteiger partial charge in [0.2, 0.25) is 0 Å². The van der Waals surface area contributed by atoms with Crippen LogP contribution >= 0.6 is 0 Å². The van der Waals surface area contributed by atoms with Crippen molar-refractivity contribution in [2.45, 2.75) is 6.54 Å². The molecule has 8 heteroatoms. The number of nitrogens with zero attached hydrogens (tertiary/aromatic N) is 4. The molecule has 0 saturated heterocycles. The fraction of sp³-hybridized carbons (Fsp3) is 0.176. The van der Waals surface area contributed by atoms with E-state index in [2.05, 4.69) is 15.5 Å². The minimum absolute atomic E-state index is 0.134. The average Bonchev–Trinajstić information content (AvgIpc) is 3.09. The Hall–Kier alpha value is -3.42.